The zero-order valence-corrected chi connectivity index (χ0v) is 11.5. The van der Waals surface area contributed by atoms with Gasteiger partial charge in [0.15, 0.2) is 0 Å². The number of carbonyl (C=O) groups is 2. The molecule has 1 heterocycles. The summed E-state index contributed by atoms with van der Waals surface area (Å²) in [5, 5.41) is 11.8. The summed E-state index contributed by atoms with van der Waals surface area (Å²) in [6.45, 7) is 0. The van der Waals surface area contributed by atoms with Gasteiger partial charge in [-0.2, -0.15) is 0 Å². The van der Waals surface area contributed by atoms with E-state index in [2.05, 4.69) is 5.32 Å². The van der Waals surface area contributed by atoms with Crippen LogP contribution in [0.25, 0.3) is 0 Å². The van der Waals surface area contributed by atoms with Crippen LogP contribution in [0.4, 0.5) is 20.6 Å². The fraction of sp³-hybridized carbons (Fsp3) is 0.125. The molecule has 1 unspecified atom stereocenters. The van der Waals surface area contributed by atoms with Crippen molar-refractivity contribution in [3.8, 4) is 0 Å². The van der Waals surface area contributed by atoms with Crippen LogP contribution in [-0.4, -0.2) is 23.1 Å². The van der Waals surface area contributed by atoms with Gasteiger partial charge in [-0.05, 0) is 23.8 Å². The molecule has 2 aromatic carbocycles. The third kappa shape index (κ3) is 2.39. The summed E-state index contributed by atoms with van der Waals surface area (Å²) in [7, 11) is 0. The SMILES string of the molecule is O=C(O)C1Cc2ccccc2N1C(=O)Nc1ccccc1F. The molecule has 0 aliphatic carbocycles. The van der Waals surface area contributed by atoms with Gasteiger partial charge in [-0.1, -0.05) is 30.3 Å². The normalized spacial score (nSPS) is 16.2. The van der Waals surface area contributed by atoms with Gasteiger partial charge in [-0.3, -0.25) is 4.90 Å². The van der Waals surface area contributed by atoms with Crippen LogP contribution in [-0.2, 0) is 11.2 Å². The Bertz CT molecular complexity index is 748. The van der Waals surface area contributed by atoms with Crippen molar-refractivity contribution < 1.29 is 19.1 Å². The average molecular weight is 300 g/mol. The van der Waals surface area contributed by atoms with Crippen LogP contribution >= 0.6 is 0 Å². The average Bonchev–Trinajstić information content (AvgIpc) is 2.89. The number of rotatable bonds is 2. The molecule has 1 atom stereocenters. The number of fused-ring (bicyclic) bond motifs is 1. The summed E-state index contributed by atoms with van der Waals surface area (Å²) in [4.78, 5) is 25.0. The van der Waals surface area contributed by atoms with E-state index in [-0.39, 0.29) is 12.1 Å². The van der Waals surface area contributed by atoms with E-state index in [4.69, 9.17) is 0 Å². The van der Waals surface area contributed by atoms with Gasteiger partial charge in [0, 0.05) is 12.1 Å². The molecule has 2 N–H and O–H groups in total. The first-order chi connectivity index (χ1) is 10.6. The van der Waals surface area contributed by atoms with Crippen LogP contribution in [0, 0.1) is 5.82 Å². The molecule has 5 nitrogen and oxygen atoms in total. The van der Waals surface area contributed by atoms with Crippen LogP contribution < -0.4 is 10.2 Å². The molecule has 0 radical (unpaired) electrons. The van der Waals surface area contributed by atoms with Crippen LogP contribution in [0.3, 0.4) is 0 Å². The molecule has 2 amide bonds. The standard InChI is InChI=1S/C16H13FN2O3/c17-11-6-2-3-7-12(11)18-16(22)19-13-8-4-1-5-10(13)9-14(19)15(20)21/h1-8,14H,9H2,(H,18,22)(H,20,21). The minimum atomic E-state index is -1.10. The fourth-order valence-corrected chi connectivity index (χ4v) is 2.57. The van der Waals surface area contributed by atoms with Crippen LogP contribution in [0.1, 0.15) is 5.56 Å². The lowest BCUT2D eigenvalue weighted by atomic mass is 10.1. The van der Waals surface area contributed by atoms with Crippen molar-refractivity contribution in [2.75, 3.05) is 10.2 Å². The molecule has 0 spiro atoms. The molecule has 22 heavy (non-hydrogen) atoms. The maximum Gasteiger partial charge on any atom is 0.327 e. The third-order valence-corrected chi connectivity index (χ3v) is 3.60. The van der Waals surface area contributed by atoms with E-state index in [1.54, 1.807) is 30.3 Å². The first-order valence-electron chi connectivity index (χ1n) is 6.73. The van der Waals surface area contributed by atoms with Crippen LogP contribution in [0.5, 0.6) is 0 Å². The van der Waals surface area contributed by atoms with Crippen molar-refractivity contribution in [2.45, 2.75) is 12.5 Å². The maximum atomic E-state index is 13.6. The molecular weight excluding hydrogens is 287 g/mol. The number of anilines is 2. The molecule has 6 heteroatoms. The van der Waals surface area contributed by atoms with Gasteiger partial charge in [-0.15, -0.1) is 0 Å². The van der Waals surface area contributed by atoms with Gasteiger partial charge < -0.3 is 10.4 Å². The highest BCUT2D eigenvalue weighted by Gasteiger charge is 2.38. The van der Waals surface area contributed by atoms with Gasteiger partial charge in [0.05, 0.1) is 5.69 Å². The van der Waals surface area contributed by atoms with Gasteiger partial charge in [0.2, 0.25) is 0 Å². The largest absolute Gasteiger partial charge is 0.480 e. The van der Waals surface area contributed by atoms with Crippen molar-refractivity contribution in [1.29, 1.82) is 0 Å². The number of nitrogens with zero attached hydrogens (tertiary/aromatic N) is 1. The molecule has 3 rings (SSSR count). The van der Waals surface area contributed by atoms with Crippen molar-refractivity contribution in [2.24, 2.45) is 0 Å². The lowest BCUT2D eigenvalue weighted by Crippen LogP contribution is -2.45. The number of carboxylic acids is 1. The molecule has 0 saturated carbocycles. The maximum absolute atomic E-state index is 13.6. The predicted molar refractivity (Wildman–Crippen MR) is 79.5 cm³/mol. The second-order valence-electron chi connectivity index (χ2n) is 4.97. The third-order valence-electron chi connectivity index (χ3n) is 3.60. The minimum Gasteiger partial charge on any atom is -0.480 e. The number of hydrogen-bond donors (Lipinski definition) is 2. The van der Waals surface area contributed by atoms with Gasteiger partial charge >= 0.3 is 12.0 Å². The number of carbonyl (C=O) groups excluding carboxylic acids is 1. The highest BCUT2D eigenvalue weighted by Crippen LogP contribution is 2.32. The van der Waals surface area contributed by atoms with E-state index in [1.165, 1.54) is 18.2 Å². The Balaban J connectivity index is 1.92. The van der Waals surface area contributed by atoms with Gasteiger partial charge in [-0.25, -0.2) is 14.0 Å². The van der Waals surface area contributed by atoms with E-state index in [9.17, 15) is 19.1 Å². The molecule has 1 aliphatic heterocycles. The first kappa shape index (κ1) is 14.1. The zero-order chi connectivity index (χ0) is 15.7. The summed E-state index contributed by atoms with van der Waals surface area (Å²) in [5.74, 6) is -1.67. The Morgan fingerprint density at radius 1 is 1.14 bits per heavy atom. The van der Waals surface area contributed by atoms with E-state index in [0.29, 0.717) is 5.69 Å². The Labute approximate surface area is 126 Å². The molecule has 112 valence electrons. The lowest BCUT2D eigenvalue weighted by molar-refractivity contribution is -0.138. The number of aliphatic carboxylic acids is 1. The van der Waals surface area contributed by atoms with E-state index in [0.717, 1.165) is 10.5 Å². The number of amides is 2. The molecule has 1 aliphatic rings. The Morgan fingerprint density at radius 3 is 2.55 bits per heavy atom. The second-order valence-corrected chi connectivity index (χ2v) is 4.97. The molecule has 0 saturated heterocycles. The summed E-state index contributed by atoms with van der Waals surface area (Å²) in [5.41, 5.74) is 1.32. The summed E-state index contributed by atoms with van der Waals surface area (Å²) >= 11 is 0. The molecule has 0 fully saturated rings. The number of nitrogens with one attached hydrogen (secondary N) is 1. The van der Waals surface area contributed by atoms with Crippen molar-refractivity contribution in [3.63, 3.8) is 0 Å². The second kappa shape index (κ2) is 5.48. The first-order valence-corrected chi connectivity index (χ1v) is 6.73. The van der Waals surface area contributed by atoms with Crippen LogP contribution in [0.15, 0.2) is 48.5 Å². The molecule has 0 bridgehead atoms. The minimum absolute atomic E-state index is 0.0148. The van der Waals surface area contributed by atoms with E-state index in [1.807, 2.05) is 0 Å². The number of halogens is 1. The number of para-hydroxylation sites is 2. The number of benzene rings is 2. The number of carboxylic acid groups (broad SMARTS) is 1. The zero-order valence-electron chi connectivity index (χ0n) is 11.5. The fourth-order valence-electron chi connectivity index (χ4n) is 2.57. The molecule has 2 aromatic rings. The summed E-state index contributed by atoms with van der Waals surface area (Å²) in [6.07, 6.45) is 0.232. The Hall–Kier alpha value is -2.89. The number of hydrogen-bond acceptors (Lipinski definition) is 2. The van der Waals surface area contributed by atoms with E-state index < -0.39 is 23.9 Å². The lowest BCUT2D eigenvalue weighted by Gasteiger charge is -2.23. The predicted octanol–water partition coefficient (Wildman–Crippen LogP) is 2.87. The monoisotopic (exact) mass is 300 g/mol. The Morgan fingerprint density at radius 2 is 1.82 bits per heavy atom. The van der Waals surface area contributed by atoms with Gasteiger partial charge in [0.25, 0.3) is 0 Å². The quantitative estimate of drug-likeness (QED) is 0.896. The Kier molecular flexibility index (Phi) is 3.50. The summed E-state index contributed by atoms with van der Waals surface area (Å²) in [6, 6.07) is 11.1. The number of urea groups is 1. The van der Waals surface area contributed by atoms with Crippen LogP contribution in [0.2, 0.25) is 0 Å². The van der Waals surface area contributed by atoms with Gasteiger partial charge in [0.1, 0.15) is 11.9 Å². The van der Waals surface area contributed by atoms with Crippen molar-refractivity contribution >= 4 is 23.4 Å². The highest BCUT2D eigenvalue weighted by molar-refractivity contribution is 6.07. The summed E-state index contributed by atoms with van der Waals surface area (Å²) < 4.78 is 13.6. The van der Waals surface area contributed by atoms with Crippen molar-refractivity contribution in [3.05, 3.63) is 59.9 Å². The van der Waals surface area contributed by atoms with E-state index >= 15 is 0 Å². The topological polar surface area (TPSA) is 69.6 Å². The smallest absolute Gasteiger partial charge is 0.327 e. The highest BCUT2D eigenvalue weighted by atomic mass is 19.1. The molecular formula is C16H13FN2O3. The molecule has 0 aromatic heterocycles. The van der Waals surface area contributed by atoms with Crippen molar-refractivity contribution in [1.82, 2.24) is 0 Å².